The molecule has 0 radical (unpaired) electrons. The van der Waals surface area contributed by atoms with Crippen molar-refractivity contribution in [1.29, 1.82) is 0 Å². The van der Waals surface area contributed by atoms with E-state index in [0.717, 1.165) is 5.39 Å². The number of halogens is 1. The van der Waals surface area contributed by atoms with E-state index in [9.17, 15) is 4.39 Å². The zero-order valence-electron chi connectivity index (χ0n) is 9.53. The van der Waals surface area contributed by atoms with E-state index in [0.29, 0.717) is 30.0 Å². The molecule has 0 atom stereocenters. The van der Waals surface area contributed by atoms with Crippen molar-refractivity contribution in [2.24, 2.45) is 0 Å². The summed E-state index contributed by atoms with van der Waals surface area (Å²) in [5.74, 6) is -0.398. The van der Waals surface area contributed by atoms with E-state index < -0.39 is 5.82 Å². The highest BCUT2D eigenvalue weighted by atomic mass is 19.1. The predicted octanol–water partition coefficient (Wildman–Crippen LogP) is 2.01. The van der Waals surface area contributed by atoms with Gasteiger partial charge in [0.1, 0.15) is 0 Å². The Morgan fingerprint density at radius 2 is 2.35 bits per heavy atom. The van der Waals surface area contributed by atoms with Gasteiger partial charge in [0, 0.05) is 30.9 Å². The van der Waals surface area contributed by atoms with E-state index >= 15 is 0 Å². The molecule has 2 rings (SSSR count). The van der Waals surface area contributed by atoms with Crippen LogP contribution in [0.15, 0.2) is 24.4 Å². The van der Waals surface area contributed by atoms with Crippen LogP contribution in [0.25, 0.3) is 10.9 Å². The van der Waals surface area contributed by atoms with Crippen molar-refractivity contribution < 1.29 is 9.13 Å². The van der Waals surface area contributed by atoms with Crippen LogP contribution < -0.4 is 11.1 Å². The minimum absolute atomic E-state index is 0.367. The third-order valence-electron chi connectivity index (χ3n) is 2.48. The number of pyridine rings is 1. The van der Waals surface area contributed by atoms with E-state index in [-0.39, 0.29) is 0 Å². The number of fused-ring (bicyclic) bond motifs is 1. The van der Waals surface area contributed by atoms with Gasteiger partial charge in [0.15, 0.2) is 5.82 Å². The molecule has 3 N–H and O–H groups in total. The molecular formula is C12H14FN3O. The van der Waals surface area contributed by atoms with Crippen molar-refractivity contribution in [2.75, 3.05) is 31.3 Å². The second kappa shape index (κ2) is 4.97. The van der Waals surface area contributed by atoms with Gasteiger partial charge in [0.05, 0.1) is 17.8 Å². The van der Waals surface area contributed by atoms with Gasteiger partial charge in [-0.1, -0.05) is 0 Å². The van der Waals surface area contributed by atoms with Crippen molar-refractivity contribution >= 4 is 22.3 Å². The van der Waals surface area contributed by atoms with Crippen LogP contribution in [0.5, 0.6) is 0 Å². The molecule has 2 aromatic rings. The quantitative estimate of drug-likeness (QED) is 0.628. The molecule has 0 aliphatic rings. The summed E-state index contributed by atoms with van der Waals surface area (Å²) < 4.78 is 18.7. The molecule has 17 heavy (non-hydrogen) atoms. The highest BCUT2D eigenvalue weighted by Crippen LogP contribution is 2.29. The predicted molar refractivity (Wildman–Crippen MR) is 66.5 cm³/mol. The lowest BCUT2D eigenvalue weighted by molar-refractivity contribution is 0.210. The summed E-state index contributed by atoms with van der Waals surface area (Å²) in [5.41, 5.74) is 7.05. The van der Waals surface area contributed by atoms with Crippen molar-refractivity contribution in [2.45, 2.75) is 0 Å². The maximum Gasteiger partial charge on any atom is 0.150 e. The SMILES string of the molecule is COCCNc1c(F)cc(N)c2cccnc12. The standard InChI is InChI=1S/C12H14FN3O/c1-17-6-5-16-12-9(13)7-10(14)8-3-2-4-15-11(8)12/h2-4,7,16H,5-6,14H2,1H3. The van der Waals surface area contributed by atoms with Crippen LogP contribution in [0.1, 0.15) is 0 Å². The molecule has 0 saturated heterocycles. The van der Waals surface area contributed by atoms with Crippen LogP contribution in [-0.2, 0) is 4.74 Å². The third-order valence-corrected chi connectivity index (χ3v) is 2.48. The van der Waals surface area contributed by atoms with Crippen molar-refractivity contribution in [3.63, 3.8) is 0 Å². The second-order valence-electron chi connectivity index (χ2n) is 3.64. The van der Waals surface area contributed by atoms with Gasteiger partial charge in [-0.25, -0.2) is 4.39 Å². The fourth-order valence-electron chi connectivity index (χ4n) is 1.68. The van der Waals surface area contributed by atoms with Crippen LogP contribution >= 0.6 is 0 Å². The van der Waals surface area contributed by atoms with E-state index in [2.05, 4.69) is 10.3 Å². The largest absolute Gasteiger partial charge is 0.398 e. The first kappa shape index (κ1) is 11.6. The first-order valence-electron chi connectivity index (χ1n) is 5.29. The van der Waals surface area contributed by atoms with Gasteiger partial charge in [0.2, 0.25) is 0 Å². The Kier molecular flexibility index (Phi) is 3.39. The van der Waals surface area contributed by atoms with Gasteiger partial charge in [0.25, 0.3) is 0 Å². The summed E-state index contributed by atoms with van der Waals surface area (Å²) in [7, 11) is 1.59. The Balaban J connectivity index is 2.46. The molecule has 0 aliphatic heterocycles. The Bertz CT molecular complexity index is 530. The monoisotopic (exact) mass is 235 g/mol. The molecule has 0 saturated carbocycles. The number of nitrogen functional groups attached to an aromatic ring is 1. The molecule has 0 fully saturated rings. The Morgan fingerprint density at radius 1 is 1.53 bits per heavy atom. The van der Waals surface area contributed by atoms with Crippen LogP contribution in [0.2, 0.25) is 0 Å². The van der Waals surface area contributed by atoms with Crippen LogP contribution in [0.3, 0.4) is 0 Å². The lowest BCUT2D eigenvalue weighted by Gasteiger charge is -2.11. The fraction of sp³-hybridized carbons (Fsp3) is 0.250. The maximum atomic E-state index is 13.8. The summed E-state index contributed by atoms with van der Waals surface area (Å²) in [6.45, 7) is 1.02. The molecule has 1 aromatic heterocycles. The van der Waals surface area contributed by atoms with Gasteiger partial charge in [-0.3, -0.25) is 4.98 Å². The van der Waals surface area contributed by atoms with Crippen LogP contribution in [-0.4, -0.2) is 25.2 Å². The van der Waals surface area contributed by atoms with E-state index in [1.807, 2.05) is 6.07 Å². The van der Waals surface area contributed by atoms with Crippen molar-refractivity contribution in [3.8, 4) is 0 Å². The summed E-state index contributed by atoms with van der Waals surface area (Å²) in [4.78, 5) is 4.16. The lowest BCUT2D eigenvalue weighted by atomic mass is 10.1. The van der Waals surface area contributed by atoms with Crippen LogP contribution in [0.4, 0.5) is 15.8 Å². The molecule has 0 spiro atoms. The molecule has 5 heteroatoms. The van der Waals surface area contributed by atoms with E-state index in [1.54, 1.807) is 19.4 Å². The van der Waals surface area contributed by atoms with Gasteiger partial charge < -0.3 is 15.8 Å². The normalized spacial score (nSPS) is 10.7. The number of nitrogens with zero attached hydrogens (tertiary/aromatic N) is 1. The van der Waals surface area contributed by atoms with Gasteiger partial charge in [-0.15, -0.1) is 0 Å². The number of ether oxygens (including phenoxy) is 1. The summed E-state index contributed by atoms with van der Waals surface area (Å²) in [5, 5.41) is 3.71. The van der Waals surface area contributed by atoms with E-state index in [1.165, 1.54) is 6.07 Å². The van der Waals surface area contributed by atoms with Crippen molar-refractivity contribution in [3.05, 3.63) is 30.2 Å². The molecule has 0 aliphatic carbocycles. The average molecular weight is 235 g/mol. The number of methoxy groups -OCH3 is 1. The first-order valence-corrected chi connectivity index (χ1v) is 5.29. The number of anilines is 2. The third kappa shape index (κ3) is 2.29. The number of benzene rings is 1. The topological polar surface area (TPSA) is 60.2 Å². The number of hydrogen-bond acceptors (Lipinski definition) is 4. The minimum Gasteiger partial charge on any atom is -0.398 e. The number of nitrogens with two attached hydrogens (primary N) is 1. The molecule has 0 amide bonds. The number of aromatic nitrogens is 1. The van der Waals surface area contributed by atoms with Crippen LogP contribution in [0, 0.1) is 5.82 Å². The van der Waals surface area contributed by atoms with Gasteiger partial charge in [-0.2, -0.15) is 0 Å². The smallest absolute Gasteiger partial charge is 0.150 e. The molecule has 1 aromatic carbocycles. The Labute approximate surface area is 98.6 Å². The summed E-state index contributed by atoms with van der Waals surface area (Å²) in [6.07, 6.45) is 1.61. The Hall–Kier alpha value is -1.88. The highest BCUT2D eigenvalue weighted by Gasteiger charge is 2.10. The molecule has 90 valence electrons. The van der Waals surface area contributed by atoms with Gasteiger partial charge in [-0.05, 0) is 18.2 Å². The second-order valence-corrected chi connectivity index (χ2v) is 3.64. The Morgan fingerprint density at radius 3 is 3.12 bits per heavy atom. The van der Waals surface area contributed by atoms with Crippen molar-refractivity contribution in [1.82, 2.24) is 4.98 Å². The molecule has 0 unspecified atom stereocenters. The fourth-order valence-corrected chi connectivity index (χ4v) is 1.68. The van der Waals surface area contributed by atoms with Gasteiger partial charge >= 0.3 is 0 Å². The first-order chi connectivity index (χ1) is 8.24. The minimum atomic E-state index is -0.398. The zero-order chi connectivity index (χ0) is 12.3. The summed E-state index contributed by atoms with van der Waals surface area (Å²) >= 11 is 0. The molecule has 0 bridgehead atoms. The average Bonchev–Trinajstić information content (AvgIpc) is 2.33. The zero-order valence-corrected chi connectivity index (χ0v) is 9.53. The number of hydrogen-bond donors (Lipinski definition) is 2. The molecule has 4 nitrogen and oxygen atoms in total. The molecular weight excluding hydrogens is 221 g/mol. The maximum absolute atomic E-state index is 13.8. The number of nitrogens with one attached hydrogen (secondary N) is 1. The molecule has 1 heterocycles. The highest BCUT2D eigenvalue weighted by molar-refractivity contribution is 5.98. The lowest BCUT2D eigenvalue weighted by Crippen LogP contribution is -2.10. The van der Waals surface area contributed by atoms with E-state index in [4.69, 9.17) is 10.5 Å². The number of rotatable bonds is 4. The summed E-state index contributed by atoms with van der Waals surface area (Å²) in [6, 6.07) is 4.90.